The monoisotopic (exact) mass is 238 g/mol. The van der Waals surface area contributed by atoms with Crippen LogP contribution in [0.3, 0.4) is 0 Å². The smallest absolute Gasteiger partial charge is 0.364 e. The zero-order valence-electron chi connectivity index (χ0n) is 8.22. The quantitative estimate of drug-likeness (QED) is 0.298. The molecule has 1 aliphatic heterocycles. The summed E-state index contributed by atoms with van der Waals surface area (Å²) in [5, 5.41) is 54.7. The minimum Gasteiger partial charge on any atom is -0.477 e. The topological polar surface area (TPSA) is 148 Å². The van der Waals surface area contributed by atoms with E-state index in [1.165, 1.54) is 0 Å². The van der Waals surface area contributed by atoms with Crippen LogP contribution in [0.1, 0.15) is 6.42 Å². The largest absolute Gasteiger partial charge is 0.477 e. The van der Waals surface area contributed by atoms with E-state index in [0.29, 0.717) is 0 Å². The highest BCUT2D eigenvalue weighted by Gasteiger charge is 2.52. The lowest BCUT2D eigenvalue weighted by atomic mass is 9.93. The molecule has 0 aromatic rings. The first kappa shape index (κ1) is 13.3. The standard InChI is InChI=1S/C8H14O8/c9-2-4(11)6-5(12)3(10)1-8(15,16-6)7(13)14/h3-6,9-12,15H,1-2H2,(H,13,14)/t3-,4+,5-,6-,8+/m1/s1. The van der Waals surface area contributed by atoms with Gasteiger partial charge in [-0.15, -0.1) is 0 Å². The Labute approximate surface area is 90.3 Å². The van der Waals surface area contributed by atoms with Gasteiger partial charge in [-0.05, 0) is 0 Å². The normalized spacial score (nSPS) is 41.7. The molecule has 0 aliphatic carbocycles. The van der Waals surface area contributed by atoms with E-state index in [-0.39, 0.29) is 0 Å². The van der Waals surface area contributed by atoms with E-state index in [1.54, 1.807) is 0 Å². The molecule has 1 fully saturated rings. The van der Waals surface area contributed by atoms with Gasteiger partial charge >= 0.3 is 5.97 Å². The third kappa shape index (κ3) is 2.32. The summed E-state index contributed by atoms with van der Waals surface area (Å²) in [5.74, 6) is -4.42. The van der Waals surface area contributed by atoms with Crippen LogP contribution in [0.15, 0.2) is 0 Å². The molecule has 5 atom stereocenters. The van der Waals surface area contributed by atoms with Gasteiger partial charge in [-0.25, -0.2) is 4.79 Å². The van der Waals surface area contributed by atoms with Gasteiger partial charge in [0.25, 0.3) is 5.79 Å². The van der Waals surface area contributed by atoms with E-state index in [2.05, 4.69) is 4.74 Å². The molecule has 0 bridgehead atoms. The van der Waals surface area contributed by atoms with Gasteiger partial charge in [0.1, 0.15) is 18.3 Å². The molecule has 1 rings (SSSR count). The first-order valence-electron chi connectivity index (χ1n) is 4.60. The number of ether oxygens (including phenoxy) is 1. The zero-order valence-corrected chi connectivity index (χ0v) is 8.22. The van der Waals surface area contributed by atoms with Crippen LogP contribution in [0, 0.1) is 0 Å². The van der Waals surface area contributed by atoms with Crippen LogP contribution >= 0.6 is 0 Å². The molecule has 8 heteroatoms. The zero-order chi connectivity index (χ0) is 12.5. The van der Waals surface area contributed by atoms with Crippen molar-refractivity contribution in [3.05, 3.63) is 0 Å². The molecule has 0 unspecified atom stereocenters. The Balaban J connectivity index is 2.89. The van der Waals surface area contributed by atoms with Gasteiger partial charge in [-0.2, -0.15) is 0 Å². The molecule has 0 spiro atoms. The van der Waals surface area contributed by atoms with Crippen molar-refractivity contribution in [3.63, 3.8) is 0 Å². The second-order valence-corrected chi connectivity index (χ2v) is 3.68. The van der Waals surface area contributed by atoms with Crippen molar-refractivity contribution in [2.24, 2.45) is 0 Å². The molecular formula is C8H14O8. The second-order valence-electron chi connectivity index (χ2n) is 3.68. The van der Waals surface area contributed by atoms with Crippen LogP contribution in [0.5, 0.6) is 0 Å². The fraction of sp³-hybridized carbons (Fsp3) is 0.875. The number of aliphatic hydroxyl groups excluding tert-OH is 4. The summed E-state index contributed by atoms with van der Waals surface area (Å²) in [6.45, 7) is -0.801. The minimum atomic E-state index is -2.68. The maximum absolute atomic E-state index is 10.7. The Bertz CT molecular complexity index is 269. The highest BCUT2D eigenvalue weighted by Crippen LogP contribution is 2.29. The summed E-state index contributed by atoms with van der Waals surface area (Å²) < 4.78 is 4.61. The Morgan fingerprint density at radius 2 is 2.06 bits per heavy atom. The minimum absolute atomic E-state index is 0.724. The van der Waals surface area contributed by atoms with Crippen molar-refractivity contribution >= 4 is 5.97 Å². The third-order valence-electron chi connectivity index (χ3n) is 2.45. The first-order chi connectivity index (χ1) is 7.31. The van der Waals surface area contributed by atoms with E-state index < -0.39 is 49.2 Å². The van der Waals surface area contributed by atoms with Crippen molar-refractivity contribution in [1.29, 1.82) is 0 Å². The van der Waals surface area contributed by atoms with Crippen LogP contribution < -0.4 is 0 Å². The van der Waals surface area contributed by atoms with Crippen LogP contribution in [-0.4, -0.2) is 73.4 Å². The molecule has 94 valence electrons. The molecule has 8 nitrogen and oxygen atoms in total. The Kier molecular flexibility index (Phi) is 3.84. The predicted molar refractivity (Wildman–Crippen MR) is 47.2 cm³/mol. The van der Waals surface area contributed by atoms with Gasteiger partial charge in [-0.3, -0.25) is 0 Å². The maximum Gasteiger partial charge on any atom is 0.364 e. The van der Waals surface area contributed by atoms with Crippen molar-refractivity contribution in [2.45, 2.75) is 36.6 Å². The third-order valence-corrected chi connectivity index (χ3v) is 2.45. The lowest BCUT2D eigenvalue weighted by molar-refractivity contribution is -0.308. The van der Waals surface area contributed by atoms with Crippen molar-refractivity contribution in [3.8, 4) is 0 Å². The molecule has 1 saturated heterocycles. The number of aliphatic hydroxyl groups is 5. The van der Waals surface area contributed by atoms with E-state index in [9.17, 15) is 25.2 Å². The highest BCUT2D eigenvalue weighted by atomic mass is 16.7. The molecule has 1 aliphatic rings. The average molecular weight is 238 g/mol. The molecule has 0 saturated carbocycles. The predicted octanol–water partition coefficient (Wildman–Crippen LogP) is -3.38. The Hall–Kier alpha value is -0.770. The second kappa shape index (κ2) is 4.62. The number of rotatable bonds is 3. The molecule has 16 heavy (non-hydrogen) atoms. The molecule has 0 radical (unpaired) electrons. The lowest BCUT2D eigenvalue weighted by Gasteiger charge is -2.41. The number of hydrogen-bond donors (Lipinski definition) is 6. The van der Waals surface area contributed by atoms with Gasteiger partial charge in [0.2, 0.25) is 0 Å². The fourth-order valence-electron chi connectivity index (χ4n) is 1.51. The molecule has 0 aromatic heterocycles. The maximum atomic E-state index is 10.7. The summed E-state index contributed by atoms with van der Waals surface area (Å²) >= 11 is 0. The molecule has 0 aromatic carbocycles. The van der Waals surface area contributed by atoms with Gasteiger partial charge in [0.15, 0.2) is 0 Å². The average Bonchev–Trinajstić information content (AvgIpc) is 2.22. The van der Waals surface area contributed by atoms with Gasteiger partial charge < -0.3 is 35.4 Å². The molecule has 1 heterocycles. The number of carboxylic acids is 1. The SMILES string of the molecule is O=C(O)[C@]1(O)C[C@@H](O)[C@@H](O)[C@@H]([C@@H](O)CO)O1. The van der Waals surface area contributed by atoms with Crippen LogP contribution in [-0.2, 0) is 9.53 Å². The van der Waals surface area contributed by atoms with Crippen LogP contribution in [0.2, 0.25) is 0 Å². The number of aliphatic carboxylic acids is 1. The first-order valence-corrected chi connectivity index (χ1v) is 4.60. The number of carbonyl (C=O) groups is 1. The van der Waals surface area contributed by atoms with Gasteiger partial charge in [0, 0.05) is 6.42 Å². The Morgan fingerprint density at radius 3 is 2.50 bits per heavy atom. The summed E-state index contributed by atoms with van der Waals surface area (Å²) in [5.41, 5.74) is 0. The number of hydrogen-bond acceptors (Lipinski definition) is 7. The van der Waals surface area contributed by atoms with E-state index in [0.717, 1.165) is 0 Å². The van der Waals surface area contributed by atoms with E-state index >= 15 is 0 Å². The Morgan fingerprint density at radius 1 is 1.50 bits per heavy atom. The highest BCUT2D eigenvalue weighted by molar-refractivity contribution is 5.75. The van der Waals surface area contributed by atoms with Crippen molar-refractivity contribution < 1.29 is 40.2 Å². The summed E-state index contributed by atoms with van der Waals surface area (Å²) in [6, 6.07) is 0. The lowest BCUT2D eigenvalue weighted by Crippen LogP contribution is -2.61. The summed E-state index contributed by atoms with van der Waals surface area (Å²) in [7, 11) is 0. The summed E-state index contributed by atoms with van der Waals surface area (Å²) in [6.07, 6.45) is -7.05. The van der Waals surface area contributed by atoms with E-state index in [1.807, 2.05) is 0 Å². The number of carboxylic acid groups (broad SMARTS) is 1. The van der Waals surface area contributed by atoms with Crippen LogP contribution in [0.4, 0.5) is 0 Å². The molecule has 0 amide bonds. The molecular weight excluding hydrogens is 224 g/mol. The molecule has 6 N–H and O–H groups in total. The van der Waals surface area contributed by atoms with Gasteiger partial charge in [0.05, 0.1) is 12.7 Å². The van der Waals surface area contributed by atoms with Crippen molar-refractivity contribution in [2.75, 3.05) is 6.61 Å². The van der Waals surface area contributed by atoms with Crippen LogP contribution in [0.25, 0.3) is 0 Å². The summed E-state index contributed by atoms with van der Waals surface area (Å²) in [4.78, 5) is 10.7. The fourth-order valence-corrected chi connectivity index (χ4v) is 1.51. The van der Waals surface area contributed by atoms with Gasteiger partial charge in [-0.1, -0.05) is 0 Å². The van der Waals surface area contributed by atoms with E-state index in [4.69, 9.17) is 10.2 Å². The van der Waals surface area contributed by atoms with Crippen molar-refractivity contribution in [1.82, 2.24) is 0 Å².